The molecule has 118 valence electrons. The van der Waals surface area contributed by atoms with Gasteiger partial charge in [0.25, 0.3) is 0 Å². The maximum atomic E-state index is 4.63. The maximum Gasteiger partial charge on any atom is 0.0767 e. The molecule has 1 aromatic heterocycles. The van der Waals surface area contributed by atoms with Crippen LogP contribution in [-0.2, 0) is 13.6 Å². The minimum absolute atomic E-state index is 0.897. The first kappa shape index (κ1) is 15.0. The zero-order chi connectivity index (χ0) is 15.0. The van der Waals surface area contributed by atoms with Gasteiger partial charge in [-0.3, -0.25) is 9.58 Å². The van der Waals surface area contributed by atoms with Crippen molar-refractivity contribution in [3.05, 3.63) is 17.5 Å². The third-order valence-corrected chi connectivity index (χ3v) is 5.47. The molecular weight excluding hydrogens is 260 g/mol. The van der Waals surface area contributed by atoms with Crippen LogP contribution in [0, 0.1) is 24.7 Å². The molecule has 2 fully saturated rings. The van der Waals surface area contributed by atoms with Gasteiger partial charge in [0, 0.05) is 38.9 Å². The van der Waals surface area contributed by atoms with Crippen molar-refractivity contribution in [1.82, 2.24) is 19.6 Å². The van der Waals surface area contributed by atoms with Crippen molar-refractivity contribution < 1.29 is 0 Å². The molecule has 4 heteroatoms. The summed E-state index contributed by atoms with van der Waals surface area (Å²) >= 11 is 0. The molecule has 1 aliphatic carbocycles. The van der Waals surface area contributed by atoms with E-state index in [1.54, 1.807) is 0 Å². The first-order valence-electron chi connectivity index (χ1n) is 8.39. The highest BCUT2D eigenvalue weighted by molar-refractivity contribution is 5.09. The van der Waals surface area contributed by atoms with Crippen molar-refractivity contribution in [2.24, 2.45) is 24.8 Å². The molecule has 1 saturated heterocycles. The van der Waals surface area contributed by atoms with Crippen LogP contribution >= 0.6 is 0 Å². The molecule has 0 bridgehead atoms. The molecule has 0 unspecified atom stereocenters. The number of likely N-dealkylation sites (tertiary alicyclic amines) is 1. The SMILES string of the molecule is Cc1cc(CN2C[C@H]3CCC[C@@H](CN(C)C)[C@@H]3C2)nn1C. The number of rotatable bonds is 4. The lowest BCUT2D eigenvalue weighted by molar-refractivity contribution is 0.158. The summed E-state index contributed by atoms with van der Waals surface area (Å²) in [5.74, 6) is 2.73. The quantitative estimate of drug-likeness (QED) is 0.849. The average molecular weight is 290 g/mol. The highest BCUT2D eigenvalue weighted by atomic mass is 15.3. The first-order valence-corrected chi connectivity index (χ1v) is 8.39. The third kappa shape index (κ3) is 3.32. The van der Waals surface area contributed by atoms with Gasteiger partial charge >= 0.3 is 0 Å². The van der Waals surface area contributed by atoms with Gasteiger partial charge in [0.1, 0.15) is 0 Å². The van der Waals surface area contributed by atoms with Crippen LogP contribution in [0.4, 0.5) is 0 Å². The second-order valence-electron chi connectivity index (χ2n) is 7.47. The minimum Gasteiger partial charge on any atom is -0.309 e. The third-order valence-electron chi connectivity index (χ3n) is 5.47. The number of aromatic nitrogens is 2. The van der Waals surface area contributed by atoms with Gasteiger partial charge in [-0.2, -0.15) is 5.10 Å². The molecule has 1 aliphatic heterocycles. The van der Waals surface area contributed by atoms with Gasteiger partial charge < -0.3 is 4.90 Å². The maximum absolute atomic E-state index is 4.63. The Bertz CT molecular complexity index is 460. The Hall–Kier alpha value is -0.870. The fourth-order valence-corrected chi connectivity index (χ4v) is 4.45. The molecular formula is C17H30N4. The number of fused-ring (bicyclic) bond motifs is 1. The summed E-state index contributed by atoms with van der Waals surface area (Å²) in [6, 6.07) is 2.24. The second-order valence-corrected chi connectivity index (χ2v) is 7.47. The summed E-state index contributed by atoms with van der Waals surface area (Å²) in [6.45, 7) is 6.98. The van der Waals surface area contributed by atoms with E-state index in [0.29, 0.717) is 0 Å². The molecule has 0 N–H and O–H groups in total. The van der Waals surface area contributed by atoms with Gasteiger partial charge in [-0.1, -0.05) is 6.42 Å². The summed E-state index contributed by atoms with van der Waals surface area (Å²) in [4.78, 5) is 5.02. The average Bonchev–Trinajstić information content (AvgIpc) is 2.94. The largest absolute Gasteiger partial charge is 0.309 e. The fraction of sp³-hybridized carbons (Fsp3) is 0.824. The smallest absolute Gasteiger partial charge is 0.0767 e. The fourth-order valence-electron chi connectivity index (χ4n) is 4.45. The molecule has 3 atom stereocenters. The van der Waals surface area contributed by atoms with Crippen molar-refractivity contribution in [3.8, 4) is 0 Å². The van der Waals surface area contributed by atoms with Crippen LogP contribution in [0.3, 0.4) is 0 Å². The lowest BCUT2D eigenvalue weighted by Crippen LogP contribution is -2.34. The summed E-state index contributed by atoms with van der Waals surface area (Å²) in [6.07, 6.45) is 4.29. The number of hydrogen-bond acceptors (Lipinski definition) is 3. The van der Waals surface area contributed by atoms with E-state index in [9.17, 15) is 0 Å². The van der Waals surface area contributed by atoms with Crippen LogP contribution in [-0.4, -0.2) is 53.3 Å². The molecule has 1 saturated carbocycles. The normalized spacial score (nSPS) is 30.0. The van der Waals surface area contributed by atoms with E-state index in [1.165, 1.54) is 50.3 Å². The Morgan fingerprint density at radius 1 is 1.29 bits per heavy atom. The summed E-state index contributed by atoms with van der Waals surface area (Å²) in [7, 11) is 6.47. The second kappa shape index (κ2) is 6.09. The molecule has 0 spiro atoms. The van der Waals surface area contributed by atoms with Crippen LogP contribution in [0.1, 0.15) is 30.7 Å². The van der Waals surface area contributed by atoms with E-state index in [0.717, 1.165) is 24.3 Å². The van der Waals surface area contributed by atoms with E-state index in [2.05, 4.69) is 42.0 Å². The highest BCUT2D eigenvalue weighted by Gasteiger charge is 2.40. The van der Waals surface area contributed by atoms with Gasteiger partial charge in [-0.05, 0) is 57.7 Å². The summed E-state index contributed by atoms with van der Waals surface area (Å²) in [5.41, 5.74) is 2.49. The zero-order valence-corrected chi connectivity index (χ0v) is 14.0. The van der Waals surface area contributed by atoms with E-state index >= 15 is 0 Å². The number of aryl methyl sites for hydroxylation is 2. The van der Waals surface area contributed by atoms with Crippen molar-refractivity contribution >= 4 is 0 Å². The van der Waals surface area contributed by atoms with Crippen LogP contribution in [0.15, 0.2) is 6.07 Å². The molecule has 0 radical (unpaired) electrons. The molecule has 2 aliphatic rings. The van der Waals surface area contributed by atoms with Gasteiger partial charge in [0.05, 0.1) is 5.69 Å². The van der Waals surface area contributed by atoms with Crippen LogP contribution in [0.5, 0.6) is 0 Å². The monoisotopic (exact) mass is 290 g/mol. The molecule has 0 aromatic carbocycles. The minimum atomic E-state index is 0.897. The standard InChI is InChI=1S/C17H30N4/c1-13-8-16(18-20(13)4)11-21-10-15-7-5-6-14(9-19(2)3)17(15)12-21/h8,14-15,17H,5-7,9-12H2,1-4H3/t14-,15+,17-/m0/s1. The predicted octanol–water partition coefficient (Wildman–Crippen LogP) is 2.14. The van der Waals surface area contributed by atoms with Gasteiger partial charge in [0.2, 0.25) is 0 Å². The molecule has 0 amide bonds. The topological polar surface area (TPSA) is 24.3 Å². The van der Waals surface area contributed by atoms with Crippen molar-refractivity contribution in [2.75, 3.05) is 33.7 Å². The zero-order valence-electron chi connectivity index (χ0n) is 14.0. The summed E-state index contributed by atoms with van der Waals surface area (Å²) in [5, 5.41) is 4.63. The first-order chi connectivity index (χ1) is 10.0. The van der Waals surface area contributed by atoms with Crippen molar-refractivity contribution in [1.29, 1.82) is 0 Å². The Morgan fingerprint density at radius 2 is 2.10 bits per heavy atom. The Labute approximate surface area is 129 Å². The predicted molar refractivity (Wildman–Crippen MR) is 86.1 cm³/mol. The van der Waals surface area contributed by atoms with E-state index < -0.39 is 0 Å². The lowest BCUT2D eigenvalue weighted by atomic mass is 9.74. The van der Waals surface area contributed by atoms with E-state index in [-0.39, 0.29) is 0 Å². The molecule has 21 heavy (non-hydrogen) atoms. The van der Waals surface area contributed by atoms with E-state index in [4.69, 9.17) is 0 Å². The van der Waals surface area contributed by atoms with Crippen LogP contribution < -0.4 is 0 Å². The van der Waals surface area contributed by atoms with Gasteiger partial charge in [-0.25, -0.2) is 0 Å². The van der Waals surface area contributed by atoms with Crippen molar-refractivity contribution in [3.63, 3.8) is 0 Å². The Balaban J connectivity index is 1.63. The molecule has 4 nitrogen and oxygen atoms in total. The Kier molecular flexibility index (Phi) is 4.36. The number of hydrogen-bond donors (Lipinski definition) is 0. The summed E-state index contributed by atoms with van der Waals surface area (Å²) < 4.78 is 1.99. The Morgan fingerprint density at radius 3 is 2.76 bits per heavy atom. The van der Waals surface area contributed by atoms with Crippen molar-refractivity contribution in [2.45, 2.75) is 32.7 Å². The van der Waals surface area contributed by atoms with Crippen LogP contribution in [0.25, 0.3) is 0 Å². The van der Waals surface area contributed by atoms with Crippen LogP contribution in [0.2, 0.25) is 0 Å². The molecule has 3 rings (SSSR count). The highest BCUT2D eigenvalue weighted by Crippen LogP contribution is 2.40. The van der Waals surface area contributed by atoms with E-state index in [1.807, 2.05) is 11.7 Å². The lowest BCUT2D eigenvalue weighted by Gasteiger charge is -2.34. The molecule has 2 heterocycles. The van der Waals surface area contributed by atoms with Gasteiger partial charge in [-0.15, -0.1) is 0 Å². The molecule has 1 aromatic rings. The van der Waals surface area contributed by atoms with Gasteiger partial charge in [0.15, 0.2) is 0 Å². The number of nitrogens with zero attached hydrogens (tertiary/aromatic N) is 4.